The van der Waals surface area contributed by atoms with E-state index in [2.05, 4.69) is 63.8 Å². The molecule has 0 radical (unpaired) electrons. The minimum absolute atomic E-state index is 0.0247. The van der Waals surface area contributed by atoms with Crippen LogP contribution in [0.3, 0.4) is 0 Å². The molecule has 7 heteroatoms. The van der Waals surface area contributed by atoms with Crippen molar-refractivity contribution in [2.75, 3.05) is 41.8 Å². The van der Waals surface area contributed by atoms with Crippen molar-refractivity contribution >= 4 is 22.7 Å². The van der Waals surface area contributed by atoms with Crippen LogP contribution in [0.15, 0.2) is 55.1 Å². The SMILES string of the molecule is CCN(CCn1cc[n+](C)c1)c1ccc(Nc2cc(C)c(O)cc2NCCO)cc1. The van der Waals surface area contributed by atoms with Crippen molar-refractivity contribution in [2.45, 2.75) is 20.4 Å². The lowest BCUT2D eigenvalue weighted by Crippen LogP contribution is -2.28. The molecule has 3 rings (SSSR count). The Kier molecular flexibility index (Phi) is 7.19. The Morgan fingerprint density at radius 2 is 1.90 bits per heavy atom. The van der Waals surface area contributed by atoms with Crippen LogP contribution in [0.1, 0.15) is 12.5 Å². The van der Waals surface area contributed by atoms with Gasteiger partial charge in [0.2, 0.25) is 6.33 Å². The number of anilines is 4. The van der Waals surface area contributed by atoms with Gasteiger partial charge in [-0.3, -0.25) is 0 Å². The molecule has 0 atom stereocenters. The van der Waals surface area contributed by atoms with Crippen LogP contribution >= 0.6 is 0 Å². The van der Waals surface area contributed by atoms with Gasteiger partial charge in [-0.1, -0.05) is 0 Å². The molecule has 0 aliphatic rings. The number of imidazole rings is 1. The number of hydrogen-bond donors (Lipinski definition) is 4. The van der Waals surface area contributed by atoms with Gasteiger partial charge in [0.1, 0.15) is 24.7 Å². The summed E-state index contributed by atoms with van der Waals surface area (Å²) >= 11 is 0. The number of likely N-dealkylation sites (N-methyl/N-ethyl adjacent to an activating group) is 1. The molecule has 0 fully saturated rings. The number of aromatic nitrogens is 2. The largest absolute Gasteiger partial charge is 0.508 e. The Balaban J connectivity index is 1.69. The van der Waals surface area contributed by atoms with Crippen LogP contribution in [0, 0.1) is 6.92 Å². The fraction of sp³-hybridized carbons (Fsp3) is 0.348. The van der Waals surface area contributed by atoms with Crippen LogP contribution in [-0.4, -0.2) is 41.0 Å². The summed E-state index contributed by atoms with van der Waals surface area (Å²) in [5, 5.41) is 25.7. The van der Waals surface area contributed by atoms with Crippen molar-refractivity contribution in [3.05, 3.63) is 60.7 Å². The highest BCUT2D eigenvalue weighted by Crippen LogP contribution is 2.32. The number of aliphatic hydroxyl groups is 1. The number of aliphatic hydroxyl groups excluding tert-OH is 1. The van der Waals surface area contributed by atoms with Gasteiger partial charge in [-0.25, -0.2) is 9.13 Å². The van der Waals surface area contributed by atoms with E-state index >= 15 is 0 Å². The van der Waals surface area contributed by atoms with Gasteiger partial charge in [-0.15, -0.1) is 0 Å². The van der Waals surface area contributed by atoms with Crippen LogP contribution in [0.5, 0.6) is 5.75 Å². The lowest BCUT2D eigenvalue weighted by atomic mass is 10.1. The first-order valence-corrected chi connectivity index (χ1v) is 10.3. The zero-order valence-corrected chi connectivity index (χ0v) is 18.0. The van der Waals surface area contributed by atoms with E-state index in [9.17, 15) is 5.11 Å². The molecule has 0 aliphatic heterocycles. The van der Waals surface area contributed by atoms with Gasteiger partial charge in [0, 0.05) is 30.5 Å². The van der Waals surface area contributed by atoms with Gasteiger partial charge < -0.3 is 25.7 Å². The first-order chi connectivity index (χ1) is 14.5. The third kappa shape index (κ3) is 5.45. The summed E-state index contributed by atoms with van der Waals surface area (Å²) in [6.07, 6.45) is 6.22. The van der Waals surface area contributed by atoms with Crippen LogP contribution in [0.4, 0.5) is 22.7 Å². The Morgan fingerprint density at radius 3 is 2.53 bits per heavy atom. The van der Waals surface area contributed by atoms with Crippen molar-refractivity contribution < 1.29 is 14.8 Å². The maximum Gasteiger partial charge on any atom is 0.243 e. The fourth-order valence-electron chi connectivity index (χ4n) is 3.39. The molecule has 1 heterocycles. The molecule has 30 heavy (non-hydrogen) atoms. The van der Waals surface area contributed by atoms with E-state index in [1.165, 1.54) is 5.69 Å². The van der Waals surface area contributed by atoms with E-state index in [0.29, 0.717) is 6.54 Å². The smallest absolute Gasteiger partial charge is 0.243 e. The summed E-state index contributed by atoms with van der Waals surface area (Å²) in [5.41, 5.74) is 4.55. The second-order valence-corrected chi connectivity index (χ2v) is 7.40. The van der Waals surface area contributed by atoms with Crippen molar-refractivity contribution in [1.82, 2.24) is 4.57 Å². The molecule has 0 unspecified atom stereocenters. The predicted molar refractivity (Wildman–Crippen MR) is 122 cm³/mol. The average molecular weight is 411 g/mol. The summed E-state index contributed by atoms with van der Waals surface area (Å²) in [4.78, 5) is 2.35. The molecule has 0 saturated carbocycles. The van der Waals surface area contributed by atoms with Gasteiger partial charge in [0.05, 0.1) is 31.6 Å². The lowest BCUT2D eigenvalue weighted by molar-refractivity contribution is -0.671. The third-order valence-corrected chi connectivity index (χ3v) is 5.11. The first-order valence-electron chi connectivity index (χ1n) is 10.3. The maximum atomic E-state index is 10.0. The molecule has 0 aliphatic carbocycles. The van der Waals surface area contributed by atoms with Crippen molar-refractivity contribution in [3.63, 3.8) is 0 Å². The predicted octanol–water partition coefficient (Wildman–Crippen LogP) is 3.00. The van der Waals surface area contributed by atoms with Gasteiger partial charge in [0.25, 0.3) is 0 Å². The molecule has 4 N–H and O–H groups in total. The standard InChI is InChI=1S/C23H31N5O2/c1-4-28(13-12-27-11-10-26(3)17-27)20-7-5-19(6-8-20)25-22-15-18(2)23(30)16-21(22)24-9-14-29/h5-8,10-11,15-17,24-25,29H,4,9,12-14H2,1-3H3/p+1. The fourth-order valence-corrected chi connectivity index (χ4v) is 3.39. The Labute approximate surface area is 178 Å². The normalized spacial score (nSPS) is 10.8. The average Bonchev–Trinajstić information content (AvgIpc) is 3.16. The molecule has 2 aromatic carbocycles. The van der Waals surface area contributed by atoms with Crippen molar-refractivity contribution in [3.8, 4) is 5.75 Å². The van der Waals surface area contributed by atoms with Gasteiger partial charge >= 0.3 is 0 Å². The molecular formula is C23H32N5O2+. The maximum absolute atomic E-state index is 10.0. The van der Waals surface area contributed by atoms with Crippen LogP contribution in [0.25, 0.3) is 0 Å². The van der Waals surface area contributed by atoms with E-state index in [-0.39, 0.29) is 12.4 Å². The van der Waals surface area contributed by atoms with Gasteiger partial charge in [-0.2, -0.15) is 0 Å². The van der Waals surface area contributed by atoms with Crippen LogP contribution < -0.4 is 20.1 Å². The summed E-state index contributed by atoms with van der Waals surface area (Å²) < 4.78 is 4.23. The monoisotopic (exact) mass is 410 g/mol. The minimum atomic E-state index is 0.0247. The van der Waals surface area contributed by atoms with E-state index < -0.39 is 0 Å². The topological polar surface area (TPSA) is 76.6 Å². The zero-order chi connectivity index (χ0) is 21.5. The molecular weight excluding hydrogens is 378 g/mol. The second-order valence-electron chi connectivity index (χ2n) is 7.40. The number of nitrogens with one attached hydrogen (secondary N) is 2. The lowest BCUT2D eigenvalue weighted by Gasteiger charge is -2.22. The van der Waals surface area contributed by atoms with E-state index in [1.807, 2.05) is 30.8 Å². The molecule has 0 amide bonds. The van der Waals surface area contributed by atoms with Gasteiger partial charge in [0.15, 0.2) is 0 Å². The Bertz CT molecular complexity index is 953. The number of benzene rings is 2. The zero-order valence-electron chi connectivity index (χ0n) is 18.0. The molecule has 3 aromatic rings. The van der Waals surface area contributed by atoms with Crippen LogP contribution in [-0.2, 0) is 13.6 Å². The van der Waals surface area contributed by atoms with E-state index in [4.69, 9.17) is 5.11 Å². The molecule has 160 valence electrons. The first kappa shape index (κ1) is 21.5. The van der Waals surface area contributed by atoms with Gasteiger partial charge in [-0.05, 0) is 49.7 Å². The Morgan fingerprint density at radius 1 is 1.13 bits per heavy atom. The molecule has 0 saturated heterocycles. The number of rotatable bonds is 10. The summed E-state index contributed by atoms with van der Waals surface area (Å²) in [6, 6.07) is 11.9. The summed E-state index contributed by atoms with van der Waals surface area (Å²) in [6.45, 7) is 7.28. The third-order valence-electron chi connectivity index (χ3n) is 5.11. The minimum Gasteiger partial charge on any atom is -0.508 e. The quantitative estimate of drug-likeness (QED) is 0.305. The Hall–Kier alpha value is -3.19. The van der Waals surface area contributed by atoms with E-state index in [0.717, 1.165) is 42.3 Å². The van der Waals surface area contributed by atoms with Crippen molar-refractivity contribution in [1.29, 1.82) is 0 Å². The molecule has 0 bridgehead atoms. The number of aromatic hydroxyl groups is 1. The highest BCUT2D eigenvalue weighted by atomic mass is 16.3. The van der Waals surface area contributed by atoms with E-state index in [1.54, 1.807) is 6.07 Å². The highest BCUT2D eigenvalue weighted by Gasteiger charge is 2.10. The number of phenols is 1. The van der Waals surface area contributed by atoms with Crippen LogP contribution in [0.2, 0.25) is 0 Å². The summed E-state index contributed by atoms with van der Waals surface area (Å²) in [5.74, 6) is 0.228. The summed E-state index contributed by atoms with van der Waals surface area (Å²) in [7, 11) is 2.03. The number of aryl methyl sites for hydroxylation is 2. The number of phenolic OH excluding ortho intramolecular Hbond substituents is 1. The highest BCUT2D eigenvalue weighted by molar-refractivity contribution is 5.77. The molecule has 1 aromatic heterocycles. The number of hydrogen-bond acceptors (Lipinski definition) is 5. The van der Waals surface area contributed by atoms with Crippen molar-refractivity contribution in [2.24, 2.45) is 7.05 Å². The molecule has 7 nitrogen and oxygen atoms in total. The second kappa shape index (κ2) is 10.0. The number of nitrogens with zero attached hydrogens (tertiary/aromatic N) is 3. The molecule has 0 spiro atoms.